The summed E-state index contributed by atoms with van der Waals surface area (Å²) in [5.74, 6) is -1.81. The number of hydrogen-bond acceptors (Lipinski definition) is 4. The third kappa shape index (κ3) is 3.95. The molecular formula is C14H13F2N3O2. The molecule has 0 saturated carbocycles. The second kappa shape index (κ2) is 6.25. The Kier molecular flexibility index (Phi) is 4.42. The fourth-order valence-corrected chi connectivity index (χ4v) is 1.62. The molecule has 0 aliphatic heterocycles. The summed E-state index contributed by atoms with van der Waals surface area (Å²) < 4.78 is 31.7. The van der Waals surface area contributed by atoms with Gasteiger partial charge in [0.15, 0.2) is 11.6 Å². The van der Waals surface area contributed by atoms with E-state index >= 15 is 0 Å². The lowest BCUT2D eigenvalue weighted by Crippen LogP contribution is -2.12. The molecule has 1 aromatic heterocycles. The van der Waals surface area contributed by atoms with Crippen LogP contribution < -0.4 is 10.1 Å². The minimum Gasteiger partial charge on any atom is -0.456 e. The summed E-state index contributed by atoms with van der Waals surface area (Å²) >= 11 is 0. The van der Waals surface area contributed by atoms with Gasteiger partial charge >= 0.3 is 6.01 Å². The lowest BCUT2D eigenvalue weighted by Gasteiger charge is -2.14. The normalized spacial score (nSPS) is 11.8. The number of ether oxygens (including phenoxy) is 1. The molecule has 0 aliphatic rings. The van der Waals surface area contributed by atoms with Crippen LogP contribution in [0.3, 0.4) is 0 Å². The van der Waals surface area contributed by atoms with E-state index in [2.05, 4.69) is 15.3 Å². The molecule has 0 bridgehead atoms. The fraction of sp³-hybridized carbons (Fsp3) is 0.214. The molecule has 7 heteroatoms. The van der Waals surface area contributed by atoms with Crippen molar-refractivity contribution >= 4 is 11.7 Å². The predicted octanol–water partition coefficient (Wildman–Crippen LogP) is 2.85. The van der Waals surface area contributed by atoms with Gasteiger partial charge in [0, 0.05) is 6.92 Å². The Morgan fingerprint density at radius 2 is 1.95 bits per heavy atom. The first-order chi connectivity index (χ1) is 9.95. The first-order valence-electron chi connectivity index (χ1n) is 6.18. The largest absolute Gasteiger partial charge is 0.456 e. The Morgan fingerprint density at radius 1 is 1.29 bits per heavy atom. The molecular weight excluding hydrogens is 280 g/mol. The maximum Gasteiger partial charge on any atom is 0.319 e. The molecule has 1 aromatic carbocycles. The molecule has 0 aliphatic carbocycles. The molecule has 0 radical (unpaired) electrons. The van der Waals surface area contributed by atoms with Crippen LogP contribution in [0.2, 0.25) is 0 Å². The summed E-state index contributed by atoms with van der Waals surface area (Å²) in [6, 6.07) is 5.67. The van der Waals surface area contributed by atoms with Crippen LogP contribution in [0.1, 0.15) is 25.5 Å². The standard InChI is InChI=1S/C14H13F2N3O2/c1-8(10-3-5-11(15)6-4-10)21-14-17-7-12(16)13(19-14)18-9(2)20/h3-8H,1-2H3,(H,17,18,19,20). The van der Waals surface area contributed by atoms with Crippen LogP contribution in [0.4, 0.5) is 14.6 Å². The molecule has 1 N–H and O–H groups in total. The van der Waals surface area contributed by atoms with Gasteiger partial charge in [-0.2, -0.15) is 4.98 Å². The van der Waals surface area contributed by atoms with Crippen molar-refractivity contribution < 1.29 is 18.3 Å². The van der Waals surface area contributed by atoms with Crippen LogP contribution in [0, 0.1) is 11.6 Å². The molecule has 1 heterocycles. The monoisotopic (exact) mass is 293 g/mol. The zero-order valence-corrected chi connectivity index (χ0v) is 11.4. The highest BCUT2D eigenvalue weighted by Gasteiger charge is 2.13. The van der Waals surface area contributed by atoms with E-state index in [0.29, 0.717) is 5.56 Å². The quantitative estimate of drug-likeness (QED) is 0.941. The van der Waals surface area contributed by atoms with E-state index in [1.807, 2.05) is 0 Å². The molecule has 2 rings (SSSR count). The molecule has 1 atom stereocenters. The van der Waals surface area contributed by atoms with Crippen molar-refractivity contribution in [1.82, 2.24) is 9.97 Å². The SMILES string of the molecule is CC(=O)Nc1nc(OC(C)c2ccc(F)cc2)ncc1F. The van der Waals surface area contributed by atoms with Gasteiger partial charge in [0.25, 0.3) is 0 Å². The average molecular weight is 293 g/mol. The van der Waals surface area contributed by atoms with Crippen LogP contribution in [-0.2, 0) is 4.79 Å². The van der Waals surface area contributed by atoms with Crippen molar-refractivity contribution in [3.05, 3.63) is 47.7 Å². The highest BCUT2D eigenvalue weighted by molar-refractivity contribution is 5.87. The van der Waals surface area contributed by atoms with Gasteiger partial charge in [-0.05, 0) is 24.6 Å². The van der Waals surface area contributed by atoms with E-state index in [0.717, 1.165) is 6.20 Å². The van der Waals surface area contributed by atoms with Crippen LogP contribution in [0.5, 0.6) is 6.01 Å². The van der Waals surface area contributed by atoms with Gasteiger partial charge in [0.2, 0.25) is 5.91 Å². The van der Waals surface area contributed by atoms with E-state index in [1.165, 1.54) is 19.1 Å². The number of benzene rings is 1. The van der Waals surface area contributed by atoms with Crippen molar-refractivity contribution in [2.45, 2.75) is 20.0 Å². The number of aromatic nitrogens is 2. The highest BCUT2D eigenvalue weighted by atomic mass is 19.1. The number of rotatable bonds is 4. The second-order valence-electron chi connectivity index (χ2n) is 4.34. The minimum atomic E-state index is -0.757. The van der Waals surface area contributed by atoms with E-state index in [4.69, 9.17) is 4.74 Å². The van der Waals surface area contributed by atoms with Crippen LogP contribution in [0.15, 0.2) is 30.5 Å². The van der Waals surface area contributed by atoms with Crippen LogP contribution in [0.25, 0.3) is 0 Å². The molecule has 21 heavy (non-hydrogen) atoms. The summed E-state index contributed by atoms with van der Waals surface area (Å²) in [5.41, 5.74) is 0.713. The lowest BCUT2D eigenvalue weighted by atomic mass is 10.1. The summed E-state index contributed by atoms with van der Waals surface area (Å²) in [4.78, 5) is 18.4. The van der Waals surface area contributed by atoms with Gasteiger partial charge in [-0.15, -0.1) is 0 Å². The topological polar surface area (TPSA) is 64.1 Å². The van der Waals surface area contributed by atoms with Gasteiger partial charge in [0.1, 0.15) is 11.9 Å². The number of halogens is 2. The van der Waals surface area contributed by atoms with Crippen LogP contribution in [-0.4, -0.2) is 15.9 Å². The number of anilines is 1. The number of carbonyl (C=O) groups excluding carboxylic acids is 1. The maximum atomic E-state index is 13.4. The van der Waals surface area contributed by atoms with E-state index in [1.54, 1.807) is 19.1 Å². The molecule has 1 amide bonds. The average Bonchev–Trinajstić information content (AvgIpc) is 2.42. The van der Waals surface area contributed by atoms with Crippen molar-refractivity contribution in [1.29, 1.82) is 0 Å². The fourth-order valence-electron chi connectivity index (χ4n) is 1.62. The zero-order chi connectivity index (χ0) is 15.4. The minimum absolute atomic E-state index is 0.0861. The Labute approximate surface area is 120 Å². The first kappa shape index (κ1) is 14.8. The number of nitrogens with zero attached hydrogens (tertiary/aromatic N) is 2. The zero-order valence-electron chi connectivity index (χ0n) is 11.4. The Bertz CT molecular complexity index is 647. The Balaban J connectivity index is 2.15. The van der Waals surface area contributed by atoms with E-state index < -0.39 is 17.8 Å². The van der Waals surface area contributed by atoms with E-state index in [9.17, 15) is 13.6 Å². The lowest BCUT2D eigenvalue weighted by molar-refractivity contribution is -0.114. The second-order valence-corrected chi connectivity index (χ2v) is 4.34. The molecule has 0 saturated heterocycles. The summed E-state index contributed by atoms with van der Waals surface area (Å²) in [6.07, 6.45) is 0.451. The number of carbonyl (C=O) groups is 1. The smallest absolute Gasteiger partial charge is 0.319 e. The summed E-state index contributed by atoms with van der Waals surface area (Å²) in [6.45, 7) is 2.96. The highest BCUT2D eigenvalue weighted by Crippen LogP contribution is 2.21. The first-order valence-corrected chi connectivity index (χ1v) is 6.18. The molecule has 1 unspecified atom stereocenters. The van der Waals surface area contributed by atoms with Crippen molar-refractivity contribution in [2.24, 2.45) is 0 Å². The van der Waals surface area contributed by atoms with Crippen molar-refractivity contribution in [3.8, 4) is 6.01 Å². The van der Waals surface area contributed by atoms with Gasteiger partial charge in [0.05, 0.1) is 6.20 Å². The van der Waals surface area contributed by atoms with Gasteiger partial charge < -0.3 is 10.1 Å². The molecule has 2 aromatic rings. The third-order valence-corrected chi connectivity index (χ3v) is 2.64. The van der Waals surface area contributed by atoms with Crippen molar-refractivity contribution in [3.63, 3.8) is 0 Å². The summed E-state index contributed by atoms with van der Waals surface area (Å²) in [7, 11) is 0. The molecule has 5 nitrogen and oxygen atoms in total. The predicted molar refractivity (Wildman–Crippen MR) is 71.7 cm³/mol. The van der Waals surface area contributed by atoms with Gasteiger partial charge in [-0.1, -0.05) is 12.1 Å². The molecule has 0 spiro atoms. The van der Waals surface area contributed by atoms with Gasteiger partial charge in [-0.25, -0.2) is 13.8 Å². The number of nitrogens with one attached hydrogen (secondary N) is 1. The number of hydrogen-bond donors (Lipinski definition) is 1. The van der Waals surface area contributed by atoms with Crippen molar-refractivity contribution in [2.75, 3.05) is 5.32 Å². The summed E-state index contributed by atoms with van der Waals surface area (Å²) in [5, 5.41) is 2.24. The van der Waals surface area contributed by atoms with Crippen LogP contribution >= 0.6 is 0 Å². The Morgan fingerprint density at radius 3 is 2.57 bits per heavy atom. The Hall–Kier alpha value is -2.57. The van der Waals surface area contributed by atoms with Gasteiger partial charge in [-0.3, -0.25) is 4.79 Å². The molecule has 110 valence electrons. The van der Waals surface area contributed by atoms with E-state index in [-0.39, 0.29) is 17.6 Å². The third-order valence-electron chi connectivity index (χ3n) is 2.64. The number of amides is 1. The maximum absolute atomic E-state index is 13.4. The molecule has 0 fully saturated rings.